The summed E-state index contributed by atoms with van der Waals surface area (Å²) in [6, 6.07) is 0. The molecule has 0 aliphatic carbocycles. The average Bonchev–Trinajstić information content (AvgIpc) is 2.00. The third-order valence-corrected chi connectivity index (χ3v) is 1.54. The van der Waals surface area contributed by atoms with Crippen LogP contribution in [0.4, 0.5) is 0 Å². The summed E-state index contributed by atoms with van der Waals surface area (Å²) in [7, 11) is 0. The normalized spacial score (nSPS) is 12.1. The van der Waals surface area contributed by atoms with Gasteiger partial charge in [-0.1, -0.05) is 17.2 Å². The summed E-state index contributed by atoms with van der Waals surface area (Å²) >= 11 is 0. The number of allylic oxidation sites excluding steroid dienone is 4. The minimum Gasteiger partial charge on any atom is -0.323 e. The lowest BCUT2D eigenvalue weighted by atomic mass is 10.1. The van der Waals surface area contributed by atoms with Crippen molar-refractivity contribution in [2.75, 3.05) is 0 Å². The number of nitrogens with two attached hydrogens (primary N) is 1. The van der Waals surface area contributed by atoms with Gasteiger partial charge >= 0.3 is 0 Å². The van der Waals surface area contributed by atoms with E-state index in [1.165, 1.54) is 11.1 Å². The molecule has 2 N–H and O–H groups in total. The Hall–Kier alpha value is -1.05. The second-order valence-corrected chi connectivity index (χ2v) is 3.13. The zero-order valence-corrected chi connectivity index (χ0v) is 8.17. The Morgan fingerprint density at radius 1 is 1.33 bits per heavy atom. The maximum atomic E-state index is 4.97. The number of hydrazone groups is 1. The molecule has 0 aliphatic heterocycles. The highest BCUT2D eigenvalue weighted by Gasteiger charge is 1.86. The summed E-state index contributed by atoms with van der Waals surface area (Å²) < 4.78 is 0. The Morgan fingerprint density at radius 2 is 2.00 bits per heavy atom. The highest BCUT2D eigenvalue weighted by Crippen LogP contribution is 2.05. The Morgan fingerprint density at radius 3 is 2.50 bits per heavy atom. The van der Waals surface area contributed by atoms with Gasteiger partial charge in [-0.25, -0.2) is 0 Å². The lowest BCUT2D eigenvalue weighted by Gasteiger charge is -1.95. The molecular weight excluding hydrogens is 148 g/mol. The Kier molecular flexibility index (Phi) is 6.07. The SMILES string of the molecule is CC(C)=CCCC(C)=CC=NN. The maximum Gasteiger partial charge on any atom is 0.0465 e. The van der Waals surface area contributed by atoms with Crippen molar-refractivity contribution in [3.63, 3.8) is 0 Å². The standard InChI is InChI=1S/C10H18N2/c1-9(2)5-4-6-10(3)7-8-12-11/h5,7-8H,4,6,11H2,1-3H3. The zero-order valence-electron chi connectivity index (χ0n) is 8.17. The molecule has 0 radical (unpaired) electrons. The summed E-state index contributed by atoms with van der Waals surface area (Å²) in [6.45, 7) is 6.31. The fraction of sp³-hybridized carbons (Fsp3) is 0.500. The van der Waals surface area contributed by atoms with Crippen molar-refractivity contribution in [1.29, 1.82) is 0 Å². The van der Waals surface area contributed by atoms with Gasteiger partial charge in [0.05, 0.1) is 0 Å². The average molecular weight is 166 g/mol. The van der Waals surface area contributed by atoms with Gasteiger partial charge in [-0.15, -0.1) is 0 Å². The molecule has 0 unspecified atom stereocenters. The predicted octanol–water partition coefficient (Wildman–Crippen LogP) is 2.62. The van der Waals surface area contributed by atoms with Crippen molar-refractivity contribution >= 4 is 6.21 Å². The second kappa shape index (κ2) is 6.65. The van der Waals surface area contributed by atoms with E-state index in [0.717, 1.165) is 12.8 Å². The van der Waals surface area contributed by atoms with Crippen LogP contribution in [0.15, 0.2) is 28.4 Å². The van der Waals surface area contributed by atoms with E-state index in [-0.39, 0.29) is 0 Å². The van der Waals surface area contributed by atoms with Gasteiger partial charge in [-0.3, -0.25) is 0 Å². The van der Waals surface area contributed by atoms with Crippen LogP contribution < -0.4 is 5.84 Å². The molecule has 0 bridgehead atoms. The van der Waals surface area contributed by atoms with Crippen molar-refractivity contribution in [2.24, 2.45) is 10.9 Å². The van der Waals surface area contributed by atoms with E-state index in [1.807, 2.05) is 6.08 Å². The second-order valence-electron chi connectivity index (χ2n) is 3.13. The number of hydrogen-bond donors (Lipinski definition) is 1. The van der Waals surface area contributed by atoms with Crippen LogP contribution in [0.5, 0.6) is 0 Å². The molecule has 12 heavy (non-hydrogen) atoms. The monoisotopic (exact) mass is 166 g/mol. The van der Waals surface area contributed by atoms with Crippen LogP contribution >= 0.6 is 0 Å². The van der Waals surface area contributed by atoms with E-state index < -0.39 is 0 Å². The van der Waals surface area contributed by atoms with Crippen molar-refractivity contribution in [1.82, 2.24) is 0 Å². The van der Waals surface area contributed by atoms with E-state index in [9.17, 15) is 0 Å². The van der Waals surface area contributed by atoms with Crippen LogP contribution in [0.3, 0.4) is 0 Å². The first-order valence-corrected chi connectivity index (χ1v) is 4.19. The van der Waals surface area contributed by atoms with Crippen LogP contribution in [0.2, 0.25) is 0 Å². The molecule has 0 fully saturated rings. The van der Waals surface area contributed by atoms with Gasteiger partial charge in [0.15, 0.2) is 0 Å². The molecule has 0 spiro atoms. The topological polar surface area (TPSA) is 38.4 Å². The molecule has 0 heterocycles. The lowest BCUT2D eigenvalue weighted by molar-refractivity contribution is 0.969. The summed E-state index contributed by atoms with van der Waals surface area (Å²) in [4.78, 5) is 0. The largest absolute Gasteiger partial charge is 0.323 e. The molecule has 0 amide bonds. The molecule has 0 atom stereocenters. The van der Waals surface area contributed by atoms with Gasteiger partial charge in [0.25, 0.3) is 0 Å². The smallest absolute Gasteiger partial charge is 0.0465 e. The maximum absolute atomic E-state index is 4.97. The molecule has 68 valence electrons. The van der Waals surface area contributed by atoms with Gasteiger partial charge in [0.2, 0.25) is 0 Å². The summed E-state index contributed by atoms with van der Waals surface area (Å²) in [5, 5.41) is 3.40. The quantitative estimate of drug-likeness (QED) is 0.296. The van der Waals surface area contributed by atoms with Crippen LogP contribution in [0.25, 0.3) is 0 Å². The third-order valence-electron chi connectivity index (χ3n) is 1.54. The highest BCUT2D eigenvalue weighted by molar-refractivity contribution is 5.71. The van der Waals surface area contributed by atoms with Crippen molar-refractivity contribution in [3.8, 4) is 0 Å². The Bertz CT molecular complexity index is 196. The molecule has 2 heteroatoms. The van der Waals surface area contributed by atoms with E-state index >= 15 is 0 Å². The molecule has 0 aliphatic rings. The van der Waals surface area contributed by atoms with Gasteiger partial charge in [-0.05, 0) is 39.7 Å². The molecular formula is C10H18N2. The van der Waals surface area contributed by atoms with E-state index in [2.05, 4.69) is 31.9 Å². The molecule has 0 aromatic heterocycles. The van der Waals surface area contributed by atoms with Crippen molar-refractivity contribution in [3.05, 3.63) is 23.3 Å². The van der Waals surface area contributed by atoms with Gasteiger partial charge in [-0.2, -0.15) is 5.10 Å². The van der Waals surface area contributed by atoms with Crippen LogP contribution in [-0.2, 0) is 0 Å². The molecule has 0 rings (SSSR count). The Labute approximate surface area is 74.8 Å². The molecule has 0 saturated heterocycles. The van der Waals surface area contributed by atoms with Crippen LogP contribution in [0, 0.1) is 0 Å². The minimum absolute atomic E-state index is 1.08. The number of hydrogen-bond acceptors (Lipinski definition) is 2. The van der Waals surface area contributed by atoms with Crippen LogP contribution in [-0.4, -0.2) is 6.21 Å². The number of nitrogens with zero attached hydrogens (tertiary/aromatic N) is 1. The lowest BCUT2D eigenvalue weighted by Crippen LogP contribution is -1.82. The predicted molar refractivity (Wildman–Crippen MR) is 55.1 cm³/mol. The molecule has 2 nitrogen and oxygen atoms in total. The molecule has 0 aromatic carbocycles. The van der Waals surface area contributed by atoms with Crippen LogP contribution in [0.1, 0.15) is 33.6 Å². The fourth-order valence-electron chi connectivity index (χ4n) is 0.842. The van der Waals surface area contributed by atoms with Gasteiger partial charge < -0.3 is 5.84 Å². The van der Waals surface area contributed by atoms with Crippen molar-refractivity contribution < 1.29 is 0 Å². The first kappa shape index (κ1) is 11.0. The zero-order chi connectivity index (χ0) is 9.40. The summed E-state index contributed by atoms with van der Waals surface area (Å²) in [5.74, 6) is 4.97. The van der Waals surface area contributed by atoms with Gasteiger partial charge in [0.1, 0.15) is 0 Å². The highest BCUT2D eigenvalue weighted by atomic mass is 15.1. The van der Waals surface area contributed by atoms with E-state index in [0.29, 0.717) is 0 Å². The summed E-state index contributed by atoms with van der Waals surface area (Å²) in [6.07, 6.45) is 7.98. The fourth-order valence-corrected chi connectivity index (χ4v) is 0.842. The minimum atomic E-state index is 1.08. The van der Waals surface area contributed by atoms with E-state index in [1.54, 1.807) is 6.21 Å². The summed E-state index contributed by atoms with van der Waals surface area (Å²) in [5.41, 5.74) is 2.68. The third kappa shape index (κ3) is 7.06. The number of rotatable bonds is 4. The van der Waals surface area contributed by atoms with Gasteiger partial charge in [0, 0.05) is 6.21 Å². The molecule has 0 aromatic rings. The Balaban J connectivity index is 3.71. The first-order valence-electron chi connectivity index (χ1n) is 4.19. The first-order chi connectivity index (χ1) is 5.66. The van der Waals surface area contributed by atoms with Crippen molar-refractivity contribution in [2.45, 2.75) is 33.6 Å². The molecule has 0 saturated carbocycles. The van der Waals surface area contributed by atoms with E-state index in [4.69, 9.17) is 5.84 Å².